The lowest BCUT2D eigenvalue weighted by Gasteiger charge is -2.34. The molecule has 0 aliphatic heterocycles. The minimum Gasteiger partial charge on any atom is -0.308 e. The Morgan fingerprint density at radius 3 is 0.575 bits per heavy atom. The van der Waals surface area contributed by atoms with Gasteiger partial charge in [-0.3, -0.25) is 0 Å². The SMILES string of the molecule is c1ccc([Si](c2ccccc2)(c2ccccc2)c2cc3c4cc5c(cc4n4c6ccc7c(c8cc([Si](c9ccccc9)(c9ccccc9)c9ccccc9)cc9c%10cc%11c(cc%10n7c98)-c7ccccc7-c7ccccc7-c7ccccc7-%11)c6c(c2)c34)-c2ccccc2-c2ccccc2-c2ccccc2-5)cc1. The van der Waals surface area contributed by atoms with Crippen molar-refractivity contribution in [1.29, 1.82) is 0 Å². The van der Waals surface area contributed by atoms with Crippen molar-refractivity contribution < 1.29 is 0 Å². The molecule has 4 heterocycles. The second kappa shape index (κ2) is 22.6. The fraction of sp³-hybridized carbons (Fsp3) is 0. The summed E-state index contributed by atoms with van der Waals surface area (Å²) in [5.41, 5.74) is 27.1. The summed E-state index contributed by atoms with van der Waals surface area (Å²) in [6.07, 6.45) is 0. The van der Waals surface area contributed by atoms with Gasteiger partial charge in [0.05, 0.1) is 33.1 Å². The number of rotatable bonds is 8. The van der Waals surface area contributed by atoms with Gasteiger partial charge in [0, 0.05) is 43.1 Å². The topological polar surface area (TPSA) is 8.82 Å². The highest BCUT2D eigenvalue weighted by atomic mass is 28.3. The van der Waals surface area contributed by atoms with Crippen LogP contribution in [-0.4, -0.2) is 24.9 Å². The van der Waals surface area contributed by atoms with Gasteiger partial charge in [0.25, 0.3) is 0 Å². The third kappa shape index (κ3) is 8.03. The smallest absolute Gasteiger partial charge is 0.179 e. The van der Waals surface area contributed by atoms with E-state index in [1.54, 1.807) is 0 Å². The molecule has 0 N–H and O–H groups in total. The maximum atomic E-state index is 2.69. The van der Waals surface area contributed by atoms with Crippen molar-refractivity contribution in [2.75, 3.05) is 0 Å². The van der Waals surface area contributed by atoms with Crippen molar-refractivity contribution in [1.82, 2.24) is 8.80 Å². The van der Waals surface area contributed by atoms with E-state index in [9.17, 15) is 0 Å². The van der Waals surface area contributed by atoms with Gasteiger partial charge in [-0.1, -0.05) is 352 Å². The Morgan fingerprint density at radius 1 is 0.142 bits per heavy atom. The van der Waals surface area contributed by atoms with Crippen LogP contribution in [-0.2, 0) is 0 Å². The molecule has 4 aromatic heterocycles. The summed E-state index contributed by atoms with van der Waals surface area (Å²) < 4.78 is 5.38. The van der Waals surface area contributed by atoms with Crippen molar-refractivity contribution >= 4 is 134 Å². The van der Waals surface area contributed by atoms with Crippen molar-refractivity contribution in [2.45, 2.75) is 0 Å². The highest BCUT2D eigenvalue weighted by Crippen LogP contribution is 2.54. The summed E-state index contributed by atoms with van der Waals surface area (Å²) in [5, 5.41) is 20.8. The maximum absolute atomic E-state index is 3.23. The zero-order valence-corrected chi connectivity index (χ0v) is 59.8. The monoisotopic (exact) mass is 1370 g/mol. The normalized spacial score (nSPS) is 12.5. The van der Waals surface area contributed by atoms with Crippen molar-refractivity contribution in [3.63, 3.8) is 0 Å². The second-order valence-corrected chi connectivity index (χ2v) is 36.8. The van der Waals surface area contributed by atoms with Gasteiger partial charge in [-0.05, 0) is 167 Å². The Labute approximate surface area is 615 Å². The molecular formula is C102H64N2Si2. The first-order valence-electron chi connectivity index (χ1n) is 37.0. The minimum absolute atomic E-state index is 1.20. The molecule has 0 fully saturated rings. The van der Waals surface area contributed by atoms with E-state index in [1.165, 1.54) is 207 Å². The van der Waals surface area contributed by atoms with Crippen molar-refractivity contribution in [3.8, 4) is 89.0 Å². The standard InChI is InChI=1S/C102H64N2Si2/c1-7-31-65(32-8-1)105(66-33-9-2-10-34-66,67-35-11-3-12-36-67)71-57-91-89-61-85-81-51-27-23-47-77(81)73-43-19-21-45-75(73)79-49-25-29-53-83(79)87(85)63-97(89)103-95-55-56-96-100(99(95)93(59-71)101(91)103)94-60-72(106(68-37-13-4-14-38-68,69-39-15-5-16-40-69)70-41-17-6-18-42-70)58-92-90-62-86-82-52-28-24-48-78(82)74-44-20-22-46-76(74)80-50-26-30-54-84(80)88(86)64-98(90)104(96)102(92)94/h1-64H. The van der Waals surface area contributed by atoms with Gasteiger partial charge in [0.15, 0.2) is 16.1 Å². The zero-order valence-electron chi connectivity index (χ0n) is 57.8. The maximum Gasteiger partial charge on any atom is 0.179 e. The summed E-state index contributed by atoms with van der Waals surface area (Å²) in [6, 6.07) is 150. The van der Waals surface area contributed by atoms with Gasteiger partial charge in [0.2, 0.25) is 0 Å². The van der Waals surface area contributed by atoms with Crippen molar-refractivity contribution in [2.24, 2.45) is 0 Å². The van der Waals surface area contributed by atoms with Crippen LogP contribution < -0.4 is 41.5 Å². The van der Waals surface area contributed by atoms with E-state index >= 15 is 0 Å². The van der Waals surface area contributed by atoms with Crippen LogP contribution in [0, 0.1) is 0 Å². The van der Waals surface area contributed by atoms with Crippen molar-refractivity contribution in [3.05, 3.63) is 388 Å². The Balaban J connectivity index is 0.940. The molecule has 106 heavy (non-hydrogen) atoms. The summed E-state index contributed by atoms with van der Waals surface area (Å²) >= 11 is 0. The lowest BCUT2D eigenvalue weighted by molar-refractivity contribution is 1.36. The molecule has 17 aromatic carbocycles. The number of benzene rings is 17. The fourth-order valence-corrected chi connectivity index (χ4v) is 29.5. The predicted molar refractivity (Wildman–Crippen MR) is 454 cm³/mol. The molecule has 4 heteroatoms. The first-order valence-corrected chi connectivity index (χ1v) is 41.0. The quantitative estimate of drug-likeness (QED) is 0.106. The van der Waals surface area contributed by atoms with Crippen LogP contribution in [0.25, 0.3) is 165 Å². The van der Waals surface area contributed by atoms with Crippen LogP contribution in [0.4, 0.5) is 0 Å². The Hall–Kier alpha value is -13.2. The number of aromatic nitrogens is 2. The number of fused-ring (bicyclic) bond motifs is 29. The Bertz CT molecular complexity index is 6540. The largest absolute Gasteiger partial charge is 0.308 e. The molecule has 2 aliphatic rings. The van der Waals surface area contributed by atoms with Crippen LogP contribution in [0.3, 0.4) is 0 Å². The lowest BCUT2D eigenvalue weighted by Crippen LogP contribution is -2.74. The highest BCUT2D eigenvalue weighted by molar-refractivity contribution is 7.20. The summed E-state index contributed by atoms with van der Waals surface area (Å²) in [4.78, 5) is 0. The van der Waals surface area contributed by atoms with Gasteiger partial charge in [0.1, 0.15) is 0 Å². The molecule has 0 bridgehead atoms. The number of nitrogens with zero attached hydrogens (tertiary/aromatic N) is 2. The van der Waals surface area contributed by atoms with Gasteiger partial charge >= 0.3 is 0 Å². The lowest BCUT2D eigenvalue weighted by atomic mass is 9.80. The summed E-state index contributed by atoms with van der Waals surface area (Å²) in [6.45, 7) is 0. The Morgan fingerprint density at radius 2 is 0.340 bits per heavy atom. The molecule has 2 aliphatic carbocycles. The number of hydrogen-bond acceptors (Lipinski definition) is 0. The van der Waals surface area contributed by atoms with E-state index in [1.807, 2.05) is 0 Å². The van der Waals surface area contributed by atoms with E-state index in [0.29, 0.717) is 0 Å². The average Bonchev–Trinajstić information content (AvgIpc) is 1.50. The molecule has 21 aromatic rings. The van der Waals surface area contributed by atoms with Crippen LogP contribution in [0.15, 0.2) is 388 Å². The average molecular weight is 1370 g/mol. The third-order valence-electron chi connectivity index (χ3n) is 24.2. The molecule has 23 rings (SSSR count). The third-order valence-corrected chi connectivity index (χ3v) is 33.7. The zero-order chi connectivity index (χ0) is 69.3. The molecule has 2 nitrogen and oxygen atoms in total. The van der Waals surface area contributed by atoms with E-state index in [-0.39, 0.29) is 0 Å². The second-order valence-electron chi connectivity index (χ2n) is 29.2. The van der Waals surface area contributed by atoms with E-state index < -0.39 is 16.1 Å². The van der Waals surface area contributed by atoms with Gasteiger partial charge < -0.3 is 8.80 Å². The molecule has 490 valence electrons. The molecule has 0 atom stereocenters. The molecule has 0 saturated heterocycles. The summed E-state index contributed by atoms with van der Waals surface area (Å²) in [7, 11) is -6.45. The molecule has 0 spiro atoms. The fourth-order valence-electron chi connectivity index (χ4n) is 19.9. The van der Waals surface area contributed by atoms with E-state index in [4.69, 9.17) is 0 Å². The highest BCUT2D eigenvalue weighted by Gasteiger charge is 2.45. The Kier molecular flexibility index (Phi) is 12.7. The van der Waals surface area contributed by atoms with E-state index in [2.05, 4.69) is 397 Å². The predicted octanol–water partition coefficient (Wildman–Crippen LogP) is 20.7. The van der Waals surface area contributed by atoms with Gasteiger partial charge in [-0.15, -0.1) is 0 Å². The molecular weight excluding hydrogens is 1310 g/mol. The van der Waals surface area contributed by atoms with Crippen LogP contribution in [0.2, 0.25) is 0 Å². The first kappa shape index (κ1) is 59.3. The summed E-state index contributed by atoms with van der Waals surface area (Å²) in [5.74, 6) is 0. The molecule has 0 saturated carbocycles. The molecule has 0 unspecified atom stereocenters. The van der Waals surface area contributed by atoms with E-state index in [0.717, 1.165) is 0 Å². The van der Waals surface area contributed by atoms with Crippen LogP contribution in [0.1, 0.15) is 0 Å². The van der Waals surface area contributed by atoms with Gasteiger partial charge in [-0.25, -0.2) is 0 Å². The molecule has 0 radical (unpaired) electrons. The first-order chi connectivity index (χ1) is 52.6. The molecule has 0 amide bonds. The van der Waals surface area contributed by atoms with Crippen LogP contribution in [0.5, 0.6) is 0 Å². The number of hydrogen-bond donors (Lipinski definition) is 0. The van der Waals surface area contributed by atoms with Gasteiger partial charge in [-0.2, -0.15) is 0 Å². The van der Waals surface area contributed by atoms with Crippen LogP contribution >= 0.6 is 0 Å². The minimum atomic E-state index is -3.23.